The Morgan fingerprint density at radius 1 is 1.00 bits per heavy atom. The SMILES string of the molecule is CCCCCCCCC#CC(O)CCc1ccccc1. The van der Waals surface area contributed by atoms with Crippen LogP contribution in [0.2, 0.25) is 0 Å². The average Bonchev–Trinajstić information content (AvgIpc) is 2.49. The lowest BCUT2D eigenvalue weighted by atomic mass is 10.1. The standard InChI is InChI=1S/C19H28O/c1-2-3-4-5-6-7-8-12-15-19(20)17-16-18-13-10-9-11-14-18/h9-11,13-14,19-20H,2-8,16-17H2,1H3. The normalized spacial score (nSPS) is 11.7. The summed E-state index contributed by atoms with van der Waals surface area (Å²) in [6.45, 7) is 2.24. The number of rotatable bonds is 9. The highest BCUT2D eigenvalue weighted by molar-refractivity contribution is 5.15. The molecule has 0 aromatic heterocycles. The molecule has 0 radical (unpaired) electrons. The second-order valence-electron chi connectivity index (χ2n) is 5.38. The lowest BCUT2D eigenvalue weighted by Gasteiger charge is -2.03. The molecule has 0 amide bonds. The predicted octanol–water partition coefficient (Wildman–Crippen LogP) is 4.73. The third-order valence-electron chi connectivity index (χ3n) is 3.47. The zero-order chi connectivity index (χ0) is 14.5. The summed E-state index contributed by atoms with van der Waals surface area (Å²) in [7, 11) is 0. The van der Waals surface area contributed by atoms with Crippen LogP contribution in [0, 0.1) is 11.8 Å². The zero-order valence-electron chi connectivity index (χ0n) is 12.8. The summed E-state index contributed by atoms with van der Waals surface area (Å²) in [6, 6.07) is 10.3. The lowest BCUT2D eigenvalue weighted by Crippen LogP contribution is -2.04. The summed E-state index contributed by atoms with van der Waals surface area (Å²) < 4.78 is 0. The molecule has 20 heavy (non-hydrogen) atoms. The van der Waals surface area contributed by atoms with Crippen molar-refractivity contribution in [2.45, 2.75) is 70.8 Å². The minimum absolute atomic E-state index is 0.477. The molecule has 1 unspecified atom stereocenters. The quantitative estimate of drug-likeness (QED) is 0.509. The number of hydrogen-bond acceptors (Lipinski definition) is 1. The molecule has 0 heterocycles. The summed E-state index contributed by atoms with van der Waals surface area (Å²) >= 11 is 0. The van der Waals surface area contributed by atoms with Gasteiger partial charge in [0.05, 0.1) is 0 Å². The minimum Gasteiger partial charge on any atom is -0.380 e. The Labute approximate surface area is 124 Å². The van der Waals surface area contributed by atoms with E-state index in [1.807, 2.05) is 18.2 Å². The summed E-state index contributed by atoms with van der Waals surface area (Å²) in [5.74, 6) is 6.07. The Kier molecular flexibility index (Phi) is 9.70. The average molecular weight is 272 g/mol. The molecule has 0 fully saturated rings. The fraction of sp³-hybridized carbons (Fsp3) is 0.579. The van der Waals surface area contributed by atoms with Crippen LogP contribution in [0.15, 0.2) is 30.3 Å². The third kappa shape index (κ3) is 8.77. The van der Waals surface area contributed by atoms with Crippen LogP contribution in [0.1, 0.15) is 63.9 Å². The van der Waals surface area contributed by atoms with Crippen molar-refractivity contribution in [2.75, 3.05) is 0 Å². The number of hydrogen-bond donors (Lipinski definition) is 1. The maximum absolute atomic E-state index is 9.81. The van der Waals surface area contributed by atoms with Gasteiger partial charge in [0.2, 0.25) is 0 Å². The van der Waals surface area contributed by atoms with E-state index < -0.39 is 6.10 Å². The van der Waals surface area contributed by atoms with Crippen molar-refractivity contribution in [3.8, 4) is 11.8 Å². The van der Waals surface area contributed by atoms with Gasteiger partial charge >= 0.3 is 0 Å². The van der Waals surface area contributed by atoms with Crippen molar-refractivity contribution in [3.05, 3.63) is 35.9 Å². The molecule has 1 aromatic rings. The largest absolute Gasteiger partial charge is 0.380 e. The zero-order valence-corrected chi connectivity index (χ0v) is 12.8. The highest BCUT2D eigenvalue weighted by Gasteiger charge is 1.99. The van der Waals surface area contributed by atoms with Crippen LogP contribution >= 0.6 is 0 Å². The first-order valence-corrected chi connectivity index (χ1v) is 8.03. The van der Waals surface area contributed by atoms with Crippen molar-refractivity contribution in [1.82, 2.24) is 0 Å². The van der Waals surface area contributed by atoms with E-state index in [1.54, 1.807) is 0 Å². The molecule has 0 bridgehead atoms. The molecular weight excluding hydrogens is 244 g/mol. The second kappa shape index (κ2) is 11.6. The Bertz CT molecular complexity index is 385. The fourth-order valence-electron chi connectivity index (χ4n) is 2.20. The molecule has 1 atom stereocenters. The molecule has 1 rings (SSSR count). The molecule has 1 aromatic carbocycles. The molecule has 0 spiro atoms. The van der Waals surface area contributed by atoms with Gasteiger partial charge in [0.15, 0.2) is 0 Å². The molecule has 1 nitrogen and oxygen atoms in total. The van der Waals surface area contributed by atoms with Gasteiger partial charge in [-0.05, 0) is 24.8 Å². The molecule has 0 aliphatic rings. The summed E-state index contributed by atoms with van der Waals surface area (Å²) in [6.07, 6.45) is 9.84. The first-order valence-electron chi connectivity index (χ1n) is 8.03. The molecular formula is C19H28O. The van der Waals surface area contributed by atoms with Crippen molar-refractivity contribution in [3.63, 3.8) is 0 Å². The van der Waals surface area contributed by atoms with E-state index in [1.165, 1.54) is 44.1 Å². The number of unbranched alkanes of at least 4 members (excludes halogenated alkanes) is 6. The van der Waals surface area contributed by atoms with Gasteiger partial charge in [0, 0.05) is 6.42 Å². The van der Waals surface area contributed by atoms with Gasteiger partial charge in [-0.25, -0.2) is 0 Å². The Morgan fingerprint density at radius 2 is 1.70 bits per heavy atom. The first kappa shape index (κ1) is 16.8. The number of aliphatic hydroxyl groups is 1. The molecule has 1 heteroatoms. The van der Waals surface area contributed by atoms with Crippen LogP contribution in [0.3, 0.4) is 0 Å². The smallest absolute Gasteiger partial charge is 0.115 e. The predicted molar refractivity (Wildman–Crippen MR) is 86.5 cm³/mol. The van der Waals surface area contributed by atoms with Gasteiger partial charge in [-0.15, -0.1) is 5.92 Å². The van der Waals surface area contributed by atoms with Crippen LogP contribution in [-0.4, -0.2) is 11.2 Å². The molecule has 0 saturated heterocycles. The van der Waals surface area contributed by atoms with E-state index in [0.717, 1.165) is 19.3 Å². The third-order valence-corrected chi connectivity index (χ3v) is 3.47. The maximum Gasteiger partial charge on any atom is 0.115 e. The topological polar surface area (TPSA) is 20.2 Å². The molecule has 0 aliphatic heterocycles. The van der Waals surface area contributed by atoms with Crippen LogP contribution < -0.4 is 0 Å². The Balaban J connectivity index is 2.04. The van der Waals surface area contributed by atoms with Gasteiger partial charge in [0.1, 0.15) is 6.10 Å². The van der Waals surface area contributed by atoms with Crippen molar-refractivity contribution < 1.29 is 5.11 Å². The number of aryl methyl sites for hydroxylation is 1. The lowest BCUT2D eigenvalue weighted by molar-refractivity contribution is 0.222. The van der Waals surface area contributed by atoms with E-state index in [-0.39, 0.29) is 0 Å². The van der Waals surface area contributed by atoms with E-state index in [9.17, 15) is 5.11 Å². The van der Waals surface area contributed by atoms with E-state index >= 15 is 0 Å². The van der Waals surface area contributed by atoms with E-state index in [0.29, 0.717) is 0 Å². The Hall–Kier alpha value is -1.26. The highest BCUT2D eigenvalue weighted by Crippen LogP contribution is 2.07. The summed E-state index contributed by atoms with van der Waals surface area (Å²) in [4.78, 5) is 0. The van der Waals surface area contributed by atoms with Gasteiger partial charge in [-0.3, -0.25) is 0 Å². The molecule has 110 valence electrons. The van der Waals surface area contributed by atoms with Crippen LogP contribution in [0.25, 0.3) is 0 Å². The summed E-state index contributed by atoms with van der Waals surface area (Å²) in [5, 5.41) is 9.81. The molecule has 1 N–H and O–H groups in total. The van der Waals surface area contributed by atoms with E-state index in [2.05, 4.69) is 30.9 Å². The fourth-order valence-corrected chi connectivity index (χ4v) is 2.20. The van der Waals surface area contributed by atoms with E-state index in [4.69, 9.17) is 0 Å². The van der Waals surface area contributed by atoms with Crippen LogP contribution in [0.5, 0.6) is 0 Å². The van der Waals surface area contributed by atoms with Gasteiger partial charge < -0.3 is 5.11 Å². The van der Waals surface area contributed by atoms with Gasteiger partial charge in [-0.2, -0.15) is 0 Å². The Morgan fingerprint density at radius 3 is 2.45 bits per heavy atom. The maximum atomic E-state index is 9.81. The highest BCUT2D eigenvalue weighted by atomic mass is 16.3. The number of benzene rings is 1. The second-order valence-corrected chi connectivity index (χ2v) is 5.38. The minimum atomic E-state index is -0.477. The van der Waals surface area contributed by atoms with Gasteiger partial charge in [-0.1, -0.05) is 75.3 Å². The molecule has 0 aliphatic carbocycles. The summed E-state index contributed by atoms with van der Waals surface area (Å²) in [5.41, 5.74) is 1.27. The monoisotopic (exact) mass is 272 g/mol. The number of aliphatic hydroxyl groups excluding tert-OH is 1. The first-order chi connectivity index (χ1) is 9.83. The molecule has 0 saturated carbocycles. The van der Waals surface area contributed by atoms with Gasteiger partial charge in [0.25, 0.3) is 0 Å². The van der Waals surface area contributed by atoms with Crippen LogP contribution in [-0.2, 0) is 6.42 Å². The van der Waals surface area contributed by atoms with Crippen molar-refractivity contribution >= 4 is 0 Å². The van der Waals surface area contributed by atoms with Crippen LogP contribution in [0.4, 0.5) is 0 Å². The van der Waals surface area contributed by atoms with Crippen molar-refractivity contribution in [2.24, 2.45) is 0 Å². The van der Waals surface area contributed by atoms with Crippen molar-refractivity contribution in [1.29, 1.82) is 0 Å².